The van der Waals surface area contributed by atoms with E-state index < -0.39 is 6.10 Å². The lowest BCUT2D eigenvalue weighted by Gasteiger charge is -2.18. The van der Waals surface area contributed by atoms with Crippen molar-refractivity contribution in [1.82, 2.24) is 0 Å². The van der Waals surface area contributed by atoms with Gasteiger partial charge in [0.05, 0.1) is 12.7 Å². The van der Waals surface area contributed by atoms with Gasteiger partial charge in [-0.1, -0.05) is 19.1 Å². The number of aliphatic hydroxyl groups is 2. The van der Waals surface area contributed by atoms with E-state index in [9.17, 15) is 15.0 Å². The first kappa shape index (κ1) is 15.7. The van der Waals surface area contributed by atoms with Crippen molar-refractivity contribution >= 4 is 6.29 Å². The van der Waals surface area contributed by atoms with E-state index in [4.69, 9.17) is 5.11 Å². The molecule has 0 fully saturated rings. The third-order valence-electron chi connectivity index (χ3n) is 3.33. The molecule has 4 nitrogen and oxygen atoms in total. The molecule has 19 heavy (non-hydrogen) atoms. The highest BCUT2D eigenvalue weighted by atomic mass is 16.3. The van der Waals surface area contributed by atoms with Gasteiger partial charge in [-0.25, -0.2) is 0 Å². The summed E-state index contributed by atoms with van der Waals surface area (Å²) in [7, 11) is 0. The molecule has 0 aromatic heterocycles. The fourth-order valence-electron chi connectivity index (χ4n) is 2.11. The minimum Gasteiger partial charge on any atom is -0.508 e. The molecule has 3 N–H and O–H groups in total. The van der Waals surface area contributed by atoms with Crippen molar-refractivity contribution in [3.05, 3.63) is 29.3 Å². The molecule has 1 radical (unpaired) electrons. The molecule has 0 saturated carbocycles. The highest BCUT2D eigenvalue weighted by Crippen LogP contribution is 2.32. The van der Waals surface area contributed by atoms with Gasteiger partial charge in [-0.2, -0.15) is 0 Å². The third-order valence-corrected chi connectivity index (χ3v) is 3.33. The quantitative estimate of drug-likeness (QED) is 0.668. The Kier molecular flexibility index (Phi) is 6.53. The van der Waals surface area contributed by atoms with E-state index in [2.05, 4.69) is 0 Å². The molecule has 1 aromatic carbocycles. The lowest BCUT2D eigenvalue weighted by Crippen LogP contribution is -2.13. The fourth-order valence-corrected chi connectivity index (χ4v) is 2.11. The topological polar surface area (TPSA) is 77.8 Å². The summed E-state index contributed by atoms with van der Waals surface area (Å²) in [6, 6.07) is 5.45. The zero-order valence-electron chi connectivity index (χ0n) is 11.2. The predicted molar refractivity (Wildman–Crippen MR) is 72.9 cm³/mol. The van der Waals surface area contributed by atoms with Crippen molar-refractivity contribution in [3.63, 3.8) is 0 Å². The van der Waals surface area contributed by atoms with Gasteiger partial charge in [-0.3, -0.25) is 4.79 Å². The lowest BCUT2D eigenvalue weighted by atomic mass is 9.89. The van der Waals surface area contributed by atoms with Gasteiger partial charge in [-0.05, 0) is 42.4 Å². The minimum absolute atomic E-state index is 0.176. The largest absolute Gasteiger partial charge is 0.508 e. The molecule has 0 saturated heterocycles. The first-order valence-electron chi connectivity index (χ1n) is 6.58. The number of benzene rings is 1. The average molecular weight is 265 g/mol. The summed E-state index contributed by atoms with van der Waals surface area (Å²) in [6.07, 6.45) is 3.00. The van der Waals surface area contributed by atoms with Crippen LogP contribution in [0, 0.1) is 0 Å². The fraction of sp³-hybridized carbons (Fsp3) is 0.533. The van der Waals surface area contributed by atoms with Crippen LogP contribution >= 0.6 is 0 Å². The van der Waals surface area contributed by atoms with Gasteiger partial charge >= 0.3 is 0 Å². The molecule has 4 heteroatoms. The van der Waals surface area contributed by atoms with Gasteiger partial charge < -0.3 is 15.3 Å². The molecule has 0 amide bonds. The van der Waals surface area contributed by atoms with Crippen LogP contribution in [0.25, 0.3) is 0 Å². The number of phenolic OH excluding ortho intramolecular Hbond substituents is 1. The van der Waals surface area contributed by atoms with Crippen LogP contribution in [0.4, 0.5) is 0 Å². The van der Waals surface area contributed by atoms with E-state index in [0.29, 0.717) is 18.4 Å². The molecular weight excluding hydrogens is 244 g/mol. The van der Waals surface area contributed by atoms with Crippen molar-refractivity contribution in [1.29, 1.82) is 0 Å². The first-order chi connectivity index (χ1) is 9.12. The SMILES string of the molecule is CCc1ccc(C(C[C]=O)CCC(O)CO)c(O)c1. The summed E-state index contributed by atoms with van der Waals surface area (Å²) in [5, 5.41) is 28.2. The van der Waals surface area contributed by atoms with Crippen molar-refractivity contribution in [3.8, 4) is 5.75 Å². The van der Waals surface area contributed by atoms with Crippen LogP contribution in [0.5, 0.6) is 5.75 Å². The molecule has 1 rings (SSSR count). The van der Waals surface area contributed by atoms with Gasteiger partial charge in [0.2, 0.25) is 0 Å². The smallest absolute Gasteiger partial charge is 0.199 e. The van der Waals surface area contributed by atoms with Gasteiger partial charge in [0.1, 0.15) is 5.75 Å². The highest BCUT2D eigenvalue weighted by Gasteiger charge is 2.17. The summed E-state index contributed by atoms with van der Waals surface area (Å²) in [4.78, 5) is 10.6. The van der Waals surface area contributed by atoms with Crippen LogP contribution in [0.3, 0.4) is 0 Å². The molecule has 2 atom stereocenters. The van der Waals surface area contributed by atoms with Gasteiger partial charge in [0.15, 0.2) is 6.29 Å². The molecule has 105 valence electrons. The summed E-state index contributed by atoms with van der Waals surface area (Å²) in [5.41, 5.74) is 1.73. The van der Waals surface area contributed by atoms with Gasteiger partial charge in [0.25, 0.3) is 0 Å². The second kappa shape index (κ2) is 7.92. The molecule has 0 aliphatic heterocycles. The van der Waals surface area contributed by atoms with Crippen LogP contribution in [0.15, 0.2) is 18.2 Å². The minimum atomic E-state index is -0.786. The molecule has 0 aliphatic carbocycles. The van der Waals surface area contributed by atoms with E-state index in [1.165, 1.54) is 0 Å². The maximum atomic E-state index is 10.6. The monoisotopic (exact) mass is 265 g/mol. The summed E-state index contributed by atoms with van der Waals surface area (Å²) in [5.74, 6) is 0.00249. The zero-order valence-corrected chi connectivity index (χ0v) is 11.2. The normalized spacial score (nSPS) is 14.1. The second-order valence-corrected chi connectivity index (χ2v) is 4.71. The maximum Gasteiger partial charge on any atom is 0.199 e. The summed E-state index contributed by atoms with van der Waals surface area (Å²) in [6.45, 7) is 1.71. The van der Waals surface area contributed by atoms with Crippen LogP contribution in [0.2, 0.25) is 0 Å². The van der Waals surface area contributed by atoms with Crippen LogP contribution in [0.1, 0.15) is 43.2 Å². The lowest BCUT2D eigenvalue weighted by molar-refractivity contribution is 0.0849. The van der Waals surface area contributed by atoms with E-state index in [0.717, 1.165) is 12.0 Å². The number of aliphatic hydroxyl groups excluding tert-OH is 2. The number of hydrogen-bond donors (Lipinski definition) is 3. The maximum absolute atomic E-state index is 10.6. The van der Waals surface area contributed by atoms with E-state index in [-0.39, 0.29) is 24.7 Å². The molecule has 0 heterocycles. The van der Waals surface area contributed by atoms with Crippen molar-refractivity contribution in [2.75, 3.05) is 6.61 Å². The third kappa shape index (κ3) is 4.65. The Morgan fingerprint density at radius 3 is 2.58 bits per heavy atom. The van der Waals surface area contributed by atoms with E-state index in [1.807, 2.05) is 25.3 Å². The van der Waals surface area contributed by atoms with Gasteiger partial charge in [-0.15, -0.1) is 0 Å². The standard InChI is InChI=1S/C15H21O4/c1-2-11-3-6-14(15(19)9-11)12(7-8-16)4-5-13(18)10-17/h3,6,9,12-13,17-19H,2,4-5,7,10H2,1H3. The van der Waals surface area contributed by atoms with Gasteiger partial charge in [0, 0.05) is 6.42 Å². The second-order valence-electron chi connectivity index (χ2n) is 4.71. The molecule has 1 aromatic rings. The summed E-state index contributed by atoms with van der Waals surface area (Å²) < 4.78 is 0. The van der Waals surface area contributed by atoms with E-state index in [1.54, 1.807) is 6.07 Å². The Bertz CT molecular complexity index is 403. The Labute approximate surface area is 113 Å². The number of aromatic hydroxyl groups is 1. The van der Waals surface area contributed by atoms with Crippen LogP contribution < -0.4 is 0 Å². The number of phenols is 1. The van der Waals surface area contributed by atoms with E-state index >= 15 is 0 Å². The Hall–Kier alpha value is -1.39. The Morgan fingerprint density at radius 1 is 1.32 bits per heavy atom. The first-order valence-corrected chi connectivity index (χ1v) is 6.58. The van der Waals surface area contributed by atoms with Crippen LogP contribution in [-0.4, -0.2) is 34.3 Å². The van der Waals surface area contributed by atoms with Crippen molar-refractivity contribution < 1.29 is 20.1 Å². The number of aryl methyl sites for hydroxylation is 1. The predicted octanol–water partition coefficient (Wildman–Crippen LogP) is 1.67. The molecular formula is C15H21O4. The van der Waals surface area contributed by atoms with Crippen molar-refractivity contribution in [2.45, 2.75) is 44.6 Å². The number of hydrogen-bond acceptors (Lipinski definition) is 4. The number of carbonyl (C=O) groups excluding carboxylic acids is 1. The number of rotatable bonds is 8. The molecule has 2 unspecified atom stereocenters. The summed E-state index contributed by atoms with van der Waals surface area (Å²) >= 11 is 0. The Morgan fingerprint density at radius 2 is 2.05 bits per heavy atom. The van der Waals surface area contributed by atoms with Crippen LogP contribution in [-0.2, 0) is 11.2 Å². The molecule has 0 bridgehead atoms. The highest BCUT2D eigenvalue weighted by molar-refractivity contribution is 5.54. The average Bonchev–Trinajstić information content (AvgIpc) is 2.43. The molecule has 0 spiro atoms. The molecule has 0 aliphatic rings. The van der Waals surface area contributed by atoms with Crippen molar-refractivity contribution in [2.24, 2.45) is 0 Å². The zero-order chi connectivity index (χ0) is 14.3. The Balaban J connectivity index is 2.82.